The first-order chi connectivity index (χ1) is 9.34. The molecule has 0 saturated carbocycles. The van der Waals surface area contributed by atoms with Gasteiger partial charge in [0.15, 0.2) is 0 Å². The van der Waals surface area contributed by atoms with E-state index in [2.05, 4.69) is 17.1 Å². The molecule has 0 spiro atoms. The number of aromatic amines is 1. The number of piperidine rings is 1. The number of carbonyl (C=O) groups is 1. The van der Waals surface area contributed by atoms with Crippen molar-refractivity contribution in [2.24, 2.45) is 0 Å². The first-order valence-electron chi connectivity index (χ1n) is 6.81. The molecule has 1 aliphatic heterocycles. The number of para-hydroxylation sites is 1. The quantitative estimate of drug-likeness (QED) is 0.872. The zero-order valence-electron chi connectivity index (χ0n) is 10.9. The predicted octanol–water partition coefficient (Wildman–Crippen LogP) is 3.27. The Bertz CT molecular complexity index is 572. The lowest BCUT2D eigenvalue weighted by molar-refractivity contribution is -0.129. The van der Waals surface area contributed by atoms with Crippen LogP contribution in [0, 0.1) is 0 Å². The highest BCUT2D eigenvalue weighted by atomic mass is 32.2. The van der Waals surface area contributed by atoms with Crippen LogP contribution < -0.4 is 0 Å². The number of nitrogens with zero attached hydrogens (tertiary/aromatic N) is 1. The van der Waals surface area contributed by atoms with Crippen molar-refractivity contribution in [3.05, 3.63) is 30.5 Å². The fraction of sp³-hybridized carbons (Fsp3) is 0.400. The van der Waals surface area contributed by atoms with Gasteiger partial charge in [0.2, 0.25) is 5.91 Å². The van der Waals surface area contributed by atoms with Gasteiger partial charge in [-0.25, -0.2) is 0 Å². The molecule has 1 aromatic heterocycles. The maximum absolute atomic E-state index is 12.1. The van der Waals surface area contributed by atoms with Gasteiger partial charge in [-0.3, -0.25) is 4.79 Å². The van der Waals surface area contributed by atoms with Crippen molar-refractivity contribution in [1.29, 1.82) is 0 Å². The molecule has 4 heteroatoms. The number of benzene rings is 1. The van der Waals surface area contributed by atoms with E-state index in [9.17, 15) is 4.79 Å². The molecule has 3 rings (SSSR count). The second-order valence-electron chi connectivity index (χ2n) is 4.93. The highest BCUT2D eigenvalue weighted by Crippen LogP contribution is 2.27. The smallest absolute Gasteiger partial charge is 0.232 e. The van der Waals surface area contributed by atoms with E-state index in [-0.39, 0.29) is 5.91 Å². The van der Waals surface area contributed by atoms with Crippen LogP contribution >= 0.6 is 11.8 Å². The SMILES string of the molecule is O=C(CSc1c[nH]c2ccccc12)N1CCCCC1. The van der Waals surface area contributed by atoms with Crippen molar-refractivity contribution < 1.29 is 4.79 Å². The van der Waals surface area contributed by atoms with E-state index in [1.54, 1.807) is 11.8 Å². The highest BCUT2D eigenvalue weighted by molar-refractivity contribution is 8.00. The van der Waals surface area contributed by atoms with E-state index in [0.717, 1.165) is 31.4 Å². The molecule has 3 nitrogen and oxygen atoms in total. The number of rotatable bonds is 3. The average Bonchev–Trinajstić information content (AvgIpc) is 2.89. The molecule has 0 bridgehead atoms. The van der Waals surface area contributed by atoms with Crippen molar-refractivity contribution in [3.8, 4) is 0 Å². The monoisotopic (exact) mass is 274 g/mol. The second-order valence-corrected chi connectivity index (χ2v) is 5.95. The molecule has 100 valence electrons. The summed E-state index contributed by atoms with van der Waals surface area (Å²) >= 11 is 1.64. The number of amides is 1. The van der Waals surface area contributed by atoms with Gasteiger partial charge in [0.25, 0.3) is 0 Å². The molecular weight excluding hydrogens is 256 g/mol. The zero-order valence-corrected chi connectivity index (χ0v) is 11.7. The Morgan fingerprint density at radius 1 is 1.21 bits per heavy atom. The number of aromatic nitrogens is 1. The van der Waals surface area contributed by atoms with Crippen LogP contribution in [0.15, 0.2) is 35.4 Å². The summed E-state index contributed by atoms with van der Waals surface area (Å²) in [4.78, 5) is 18.5. The van der Waals surface area contributed by atoms with Crippen LogP contribution in [0.25, 0.3) is 10.9 Å². The molecule has 1 fully saturated rings. The van der Waals surface area contributed by atoms with Crippen LogP contribution in [0.2, 0.25) is 0 Å². The van der Waals surface area contributed by atoms with Crippen LogP contribution in [0.4, 0.5) is 0 Å². The van der Waals surface area contributed by atoms with Crippen LogP contribution in [-0.2, 0) is 4.79 Å². The van der Waals surface area contributed by atoms with Crippen LogP contribution in [-0.4, -0.2) is 34.6 Å². The number of hydrogen-bond acceptors (Lipinski definition) is 2. The molecule has 1 saturated heterocycles. The van der Waals surface area contributed by atoms with E-state index in [4.69, 9.17) is 0 Å². The molecule has 0 atom stereocenters. The standard InChI is InChI=1S/C15H18N2OS/c18-15(17-8-4-1-5-9-17)11-19-14-10-16-13-7-3-2-6-12(13)14/h2-3,6-7,10,16H,1,4-5,8-9,11H2. The van der Waals surface area contributed by atoms with Gasteiger partial charge in [-0.15, -0.1) is 11.8 Å². The van der Waals surface area contributed by atoms with E-state index in [1.807, 2.05) is 23.2 Å². The van der Waals surface area contributed by atoms with Crippen molar-refractivity contribution in [2.75, 3.05) is 18.8 Å². The molecule has 0 unspecified atom stereocenters. The Morgan fingerprint density at radius 3 is 2.84 bits per heavy atom. The minimum Gasteiger partial charge on any atom is -0.360 e. The maximum Gasteiger partial charge on any atom is 0.232 e. The molecule has 1 N–H and O–H groups in total. The Labute approximate surface area is 117 Å². The van der Waals surface area contributed by atoms with Gasteiger partial charge in [0.1, 0.15) is 0 Å². The fourth-order valence-corrected chi connectivity index (χ4v) is 3.48. The molecule has 2 aromatic rings. The van der Waals surface area contributed by atoms with E-state index >= 15 is 0 Å². The van der Waals surface area contributed by atoms with E-state index < -0.39 is 0 Å². The molecule has 1 aromatic carbocycles. The highest BCUT2D eigenvalue weighted by Gasteiger charge is 2.16. The topological polar surface area (TPSA) is 36.1 Å². The third-order valence-electron chi connectivity index (χ3n) is 3.61. The lowest BCUT2D eigenvalue weighted by Gasteiger charge is -2.26. The Morgan fingerprint density at radius 2 is 2.00 bits per heavy atom. The van der Waals surface area contributed by atoms with Gasteiger partial charge < -0.3 is 9.88 Å². The minimum absolute atomic E-state index is 0.273. The summed E-state index contributed by atoms with van der Waals surface area (Å²) in [5, 5.41) is 1.21. The summed E-state index contributed by atoms with van der Waals surface area (Å²) < 4.78 is 0. The summed E-state index contributed by atoms with van der Waals surface area (Å²) in [7, 11) is 0. The average molecular weight is 274 g/mol. The fourth-order valence-electron chi connectivity index (χ4n) is 2.54. The van der Waals surface area contributed by atoms with Crippen molar-refractivity contribution in [3.63, 3.8) is 0 Å². The van der Waals surface area contributed by atoms with Gasteiger partial charge in [0, 0.05) is 35.1 Å². The molecule has 0 aliphatic carbocycles. The van der Waals surface area contributed by atoms with E-state index in [1.165, 1.54) is 16.7 Å². The summed E-state index contributed by atoms with van der Waals surface area (Å²) in [6.07, 6.45) is 5.57. The van der Waals surface area contributed by atoms with Crippen molar-refractivity contribution >= 4 is 28.6 Å². The number of fused-ring (bicyclic) bond motifs is 1. The lowest BCUT2D eigenvalue weighted by Crippen LogP contribution is -2.36. The minimum atomic E-state index is 0.273. The Kier molecular flexibility index (Phi) is 3.78. The van der Waals surface area contributed by atoms with Gasteiger partial charge in [0.05, 0.1) is 5.75 Å². The van der Waals surface area contributed by atoms with Crippen LogP contribution in [0.3, 0.4) is 0 Å². The summed E-state index contributed by atoms with van der Waals surface area (Å²) in [5.74, 6) is 0.817. The first kappa shape index (κ1) is 12.6. The van der Waals surface area contributed by atoms with Gasteiger partial charge >= 0.3 is 0 Å². The van der Waals surface area contributed by atoms with Crippen molar-refractivity contribution in [2.45, 2.75) is 24.2 Å². The first-order valence-corrected chi connectivity index (χ1v) is 7.80. The Balaban J connectivity index is 1.64. The number of nitrogens with one attached hydrogen (secondary N) is 1. The molecule has 1 amide bonds. The summed E-state index contributed by atoms with van der Waals surface area (Å²) in [6, 6.07) is 8.21. The third-order valence-corrected chi connectivity index (χ3v) is 4.65. The molecule has 0 radical (unpaired) electrons. The molecule has 19 heavy (non-hydrogen) atoms. The summed E-state index contributed by atoms with van der Waals surface area (Å²) in [6.45, 7) is 1.88. The third kappa shape index (κ3) is 2.78. The number of carbonyl (C=O) groups excluding carboxylic acids is 1. The molecule has 2 heterocycles. The number of likely N-dealkylation sites (tertiary alicyclic amines) is 1. The van der Waals surface area contributed by atoms with Crippen LogP contribution in [0.5, 0.6) is 0 Å². The van der Waals surface area contributed by atoms with Gasteiger partial charge in [-0.2, -0.15) is 0 Å². The number of hydrogen-bond donors (Lipinski definition) is 1. The molecule has 1 aliphatic rings. The van der Waals surface area contributed by atoms with Crippen molar-refractivity contribution in [1.82, 2.24) is 9.88 Å². The second kappa shape index (κ2) is 5.70. The Hall–Kier alpha value is -1.42. The number of thioether (sulfide) groups is 1. The zero-order chi connectivity index (χ0) is 13.1. The van der Waals surface area contributed by atoms with E-state index in [0.29, 0.717) is 5.75 Å². The molecular formula is C15H18N2OS. The summed E-state index contributed by atoms with van der Waals surface area (Å²) in [5.41, 5.74) is 1.13. The predicted molar refractivity (Wildman–Crippen MR) is 79.5 cm³/mol. The van der Waals surface area contributed by atoms with Crippen LogP contribution in [0.1, 0.15) is 19.3 Å². The lowest BCUT2D eigenvalue weighted by atomic mass is 10.1. The normalized spacial score (nSPS) is 15.9. The largest absolute Gasteiger partial charge is 0.360 e. The maximum atomic E-state index is 12.1. The number of H-pyrrole nitrogens is 1. The van der Waals surface area contributed by atoms with Gasteiger partial charge in [-0.1, -0.05) is 18.2 Å². The van der Waals surface area contributed by atoms with Gasteiger partial charge in [-0.05, 0) is 25.3 Å².